The molecular weight excluding hydrogens is 468 g/mol. The molecule has 0 fully saturated rings. The topological polar surface area (TPSA) is 86.0 Å². The van der Waals surface area contributed by atoms with Crippen LogP contribution < -0.4 is 16.6 Å². The van der Waals surface area contributed by atoms with Crippen molar-refractivity contribution in [2.75, 3.05) is 12.3 Å². The van der Waals surface area contributed by atoms with Crippen molar-refractivity contribution >= 4 is 39.4 Å². The van der Waals surface area contributed by atoms with Gasteiger partial charge in [0.05, 0.1) is 5.69 Å². The third-order valence-electron chi connectivity index (χ3n) is 5.33. The van der Waals surface area contributed by atoms with E-state index in [0.29, 0.717) is 21.3 Å². The maximum absolute atomic E-state index is 13.4. The van der Waals surface area contributed by atoms with Crippen LogP contribution in [0.2, 0.25) is 0 Å². The first kappa shape index (κ1) is 24.0. The summed E-state index contributed by atoms with van der Waals surface area (Å²) in [7, 11) is 0. The Morgan fingerprint density at radius 1 is 1.09 bits per heavy atom. The highest BCUT2D eigenvalue weighted by molar-refractivity contribution is 8.01. The SMILES string of the molecule is CCSc1nc2c(s1)c(=O)n(-c1ccc(C)cc1)c(=O)n2CC(=O)NCCCc1ccccc1. The number of aromatic nitrogens is 3. The average Bonchev–Trinajstić information content (AvgIpc) is 3.26. The molecule has 4 rings (SSSR count). The molecule has 0 spiro atoms. The molecule has 1 N–H and O–H groups in total. The number of rotatable bonds is 9. The van der Waals surface area contributed by atoms with E-state index in [1.54, 1.807) is 12.1 Å². The number of fused-ring (bicyclic) bond motifs is 1. The Morgan fingerprint density at radius 2 is 1.82 bits per heavy atom. The number of benzene rings is 2. The Balaban J connectivity index is 1.62. The van der Waals surface area contributed by atoms with Gasteiger partial charge in [-0.25, -0.2) is 14.3 Å². The lowest BCUT2D eigenvalue weighted by Crippen LogP contribution is -2.41. The average molecular weight is 495 g/mol. The molecule has 0 aliphatic heterocycles. The summed E-state index contributed by atoms with van der Waals surface area (Å²) in [5, 5.41) is 2.89. The van der Waals surface area contributed by atoms with Crippen LogP contribution in [0.15, 0.2) is 68.5 Å². The first-order chi connectivity index (χ1) is 16.5. The summed E-state index contributed by atoms with van der Waals surface area (Å²) in [4.78, 5) is 43.9. The molecule has 0 unspecified atom stereocenters. The van der Waals surface area contributed by atoms with E-state index in [0.717, 1.165) is 28.7 Å². The van der Waals surface area contributed by atoms with Crippen LogP contribution in [0.3, 0.4) is 0 Å². The van der Waals surface area contributed by atoms with Gasteiger partial charge in [0.1, 0.15) is 11.2 Å². The van der Waals surface area contributed by atoms with Crippen molar-refractivity contribution in [3.05, 3.63) is 86.6 Å². The highest BCUT2D eigenvalue weighted by atomic mass is 32.2. The first-order valence-electron chi connectivity index (χ1n) is 11.1. The van der Waals surface area contributed by atoms with Crippen molar-refractivity contribution in [1.29, 1.82) is 0 Å². The van der Waals surface area contributed by atoms with Gasteiger partial charge >= 0.3 is 5.69 Å². The molecule has 2 aromatic carbocycles. The monoisotopic (exact) mass is 494 g/mol. The normalized spacial score (nSPS) is 11.1. The minimum Gasteiger partial charge on any atom is -0.355 e. The predicted molar refractivity (Wildman–Crippen MR) is 138 cm³/mol. The molecule has 2 aromatic heterocycles. The van der Waals surface area contributed by atoms with Crippen LogP contribution in [0.5, 0.6) is 0 Å². The van der Waals surface area contributed by atoms with Gasteiger partial charge in [0, 0.05) is 6.54 Å². The third-order valence-corrected chi connectivity index (χ3v) is 7.39. The van der Waals surface area contributed by atoms with E-state index in [-0.39, 0.29) is 18.1 Å². The second kappa shape index (κ2) is 10.8. The number of thiazole rings is 1. The highest BCUT2D eigenvalue weighted by Gasteiger charge is 2.20. The zero-order valence-electron chi connectivity index (χ0n) is 19.1. The fourth-order valence-corrected chi connectivity index (χ4v) is 5.60. The lowest BCUT2D eigenvalue weighted by Gasteiger charge is -2.12. The number of carbonyl (C=O) groups is 1. The van der Waals surface area contributed by atoms with Crippen molar-refractivity contribution in [3.63, 3.8) is 0 Å². The van der Waals surface area contributed by atoms with Crippen LogP contribution in [0, 0.1) is 6.92 Å². The maximum Gasteiger partial charge on any atom is 0.337 e. The Morgan fingerprint density at radius 3 is 2.53 bits per heavy atom. The van der Waals surface area contributed by atoms with Crippen LogP contribution >= 0.6 is 23.1 Å². The standard InChI is InChI=1S/C25H26N4O3S2/c1-3-33-24-27-22-21(34-24)23(31)29(19-13-11-17(2)12-14-19)25(32)28(22)16-20(30)26-15-7-10-18-8-5-4-6-9-18/h4-6,8-9,11-14H,3,7,10,15-16H2,1-2H3,(H,26,30). The quantitative estimate of drug-likeness (QED) is 0.283. The second-order valence-corrected chi connectivity index (χ2v) is 10.4. The number of aryl methyl sites for hydroxylation is 2. The second-order valence-electron chi connectivity index (χ2n) is 7.85. The fourth-order valence-electron chi connectivity index (χ4n) is 3.63. The van der Waals surface area contributed by atoms with Gasteiger partial charge in [0.15, 0.2) is 9.99 Å². The number of amides is 1. The van der Waals surface area contributed by atoms with Crippen LogP contribution in [-0.4, -0.2) is 32.3 Å². The number of carbonyl (C=O) groups excluding carboxylic acids is 1. The molecule has 0 atom stereocenters. The van der Waals surface area contributed by atoms with Crippen molar-refractivity contribution < 1.29 is 4.79 Å². The molecule has 0 saturated carbocycles. The zero-order valence-corrected chi connectivity index (χ0v) is 20.7. The summed E-state index contributed by atoms with van der Waals surface area (Å²) in [5.41, 5.74) is 1.98. The number of hydrogen-bond acceptors (Lipinski definition) is 6. The molecule has 7 nitrogen and oxygen atoms in total. The Labute approximate surface area is 205 Å². The summed E-state index contributed by atoms with van der Waals surface area (Å²) in [6.07, 6.45) is 1.64. The molecule has 0 bridgehead atoms. The summed E-state index contributed by atoms with van der Waals surface area (Å²) >= 11 is 2.76. The fraction of sp³-hybridized carbons (Fsp3) is 0.280. The summed E-state index contributed by atoms with van der Waals surface area (Å²) < 4.78 is 3.50. The van der Waals surface area contributed by atoms with Crippen LogP contribution in [0.25, 0.3) is 16.0 Å². The van der Waals surface area contributed by atoms with Gasteiger partial charge in [-0.05, 0) is 43.2 Å². The summed E-state index contributed by atoms with van der Waals surface area (Å²) in [5.74, 6) is 0.501. The number of nitrogens with zero attached hydrogens (tertiary/aromatic N) is 3. The Hall–Kier alpha value is -3.17. The Kier molecular flexibility index (Phi) is 7.64. The van der Waals surface area contributed by atoms with Crippen LogP contribution in [0.4, 0.5) is 0 Å². The van der Waals surface area contributed by atoms with Crippen molar-refractivity contribution in [1.82, 2.24) is 19.4 Å². The summed E-state index contributed by atoms with van der Waals surface area (Å²) in [6.45, 7) is 4.23. The third kappa shape index (κ3) is 5.31. The minimum absolute atomic E-state index is 0.202. The molecule has 9 heteroatoms. The van der Waals surface area contributed by atoms with E-state index >= 15 is 0 Å². The van der Waals surface area contributed by atoms with Gasteiger partial charge in [-0.15, -0.1) is 11.3 Å². The van der Waals surface area contributed by atoms with Gasteiger partial charge in [-0.3, -0.25) is 14.2 Å². The van der Waals surface area contributed by atoms with Gasteiger partial charge < -0.3 is 5.32 Å². The van der Waals surface area contributed by atoms with Gasteiger partial charge in [-0.1, -0.05) is 66.7 Å². The predicted octanol–water partition coefficient (Wildman–Crippen LogP) is 3.78. The van der Waals surface area contributed by atoms with E-state index < -0.39 is 11.2 Å². The molecule has 0 radical (unpaired) electrons. The van der Waals surface area contributed by atoms with Crippen LogP contribution in [0.1, 0.15) is 24.5 Å². The number of nitrogens with one attached hydrogen (secondary N) is 1. The molecular formula is C25H26N4O3S2. The number of hydrogen-bond donors (Lipinski definition) is 1. The lowest BCUT2D eigenvalue weighted by molar-refractivity contribution is -0.121. The minimum atomic E-state index is -0.570. The van der Waals surface area contributed by atoms with Crippen LogP contribution in [-0.2, 0) is 17.8 Å². The van der Waals surface area contributed by atoms with E-state index in [4.69, 9.17) is 0 Å². The van der Waals surface area contributed by atoms with Gasteiger partial charge in [0.2, 0.25) is 5.91 Å². The Bertz CT molecular complexity index is 1410. The molecule has 0 saturated heterocycles. The van der Waals surface area contributed by atoms with Gasteiger partial charge in [-0.2, -0.15) is 0 Å². The highest BCUT2D eigenvalue weighted by Crippen LogP contribution is 2.27. The van der Waals surface area contributed by atoms with E-state index in [1.807, 2.05) is 44.2 Å². The molecule has 0 aliphatic carbocycles. The van der Waals surface area contributed by atoms with Crippen molar-refractivity contribution in [2.45, 2.75) is 37.6 Å². The molecule has 0 aliphatic rings. The molecule has 1 amide bonds. The van der Waals surface area contributed by atoms with Crippen molar-refractivity contribution in [3.8, 4) is 5.69 Å². The van der Waals surface area contributed by atoms with Gasteiger partial charge in [0.25, 0.3) is 5.56 Å². The largest absolute Gasteiger partial charge is 0.355 e. The molecule has 2 heterocycles. The van der Waals surface area contributed by atoms with Crippen molar-refractivity contribution in [2.24, 2.45) is 0 Å². The first-order valence-corrected chi connectivity index (χ1v) is 12.9. The lowest BCUT2D eigenvalue weighted by atomic mass is 10.1. The molecule has 176 valence electrons. The van der Waals surface area contributed by atoms with E-state index in [9.17, 15) is 14.4 Å². The molecule has 4 aromatic rings. The summed E-state index contributed by atoms with van der Waals surface area (Å²) in [6, 6.07) is 17.2. The molecule has 34 heavy (non-hydrogen) atoms. The zero-order chi connectivity index (χ0) is 24.1. The smallest absolute Gasteiger partial charge is 0.337 e. The van der Waals surface area contributed by atoms with E-state index in [2.05, 4.69) is 22.4 Å². The van der Waals surface area contributed by atoms with E-state index in [1.165, 1.54) is 33.2 Å². The number of thioether (sulfide) groups is 1. The maximum atomic E-state index is 13.4.